The number of nitrogens with zero attached hydrogens (tertiary/aromatic N) is 4. The van der Waals surface area contributed by atoms with Crippen LogP contribution in [0.2, 0.25) is 0 Å². The van der Waals surface area contributed by atoms with Gasteiger partial charge in [-0.1, -0.05) is 0 Å². The van der Waals surface area contributed by atoms with Crippen LogP contribution in [0.1, 0.15) is 5.82 Å². The van der Waals surface area contributed by atoms with Crippen LogP contribution in [0, 0.1) is 6.92 Å². The Hall–Kier alpha value is -1.45. The third kappa shape index (κ3) is 1.24. The predicted molar refractivity (Wildman–Crippen MR) is 58.4 cm³/mol. The Balaban J connectivity index is 2.63. The zero-order valence-electron chi connectivity index (χ0n) is 8.01. The van der Waals surface area contributed by atoms with E-state index in [0.29, 0.717) is 0 Å². The van der Waals surface area contributed by atoms with Crippen molar-refractivity contribution < 1.29 is 0 Å². The van der Waals surface area contributed by atoms with Crippen molar-refractivity contribution in [2.24, 2.45) is 0 Å². The first-order valence-corrected chi connectivity index (χ1v) is 5.40. The van der Waals surface area contributed by atoms with Crippen molar-refractivity contribution in [3.8, 4) is 0 Å². The van der Waals surface area contributed by atoms with Gasteiger partial charge in [0, 0.05) is 0 Å². The standard InChI is InChI=1S/C10H7N4Se/c1-6-11-9-7-4-2-3-5-8(7)12-10(15)14(9)13-6/h2-5H,1H3. The van der Waals surface area contributed by atoms with Crippen LogP contribution in [0.4, 0.5) is 0 Å². The molecule has 0 amide bonds. The van der Waals surface area contributed by atoms with Crippen LogP contribution >= 0.6 is 0 Å². The van der Waals surface area contributed by atoms with E-state index in [4.69, 9.17) is 0 Å². The van der Waals surface area contributed by atoms with Crippen LogP contribution in [0.5, 0.6) is 0 Å². The number of fused-ring (bicyclic) bond motifs is 3. The van der Waals surface area contributed by atoms with Gasteiger partial charge < -0.3 is 0 Å². The fraction of sp³-hybridized carbons (Fsp3) is 0.100. The molecule has 0 fully saturated rings. The molecule has 0 saturated carbocycles. The monoisotopic (exact) mass is 263 g/mol. The molecule has 0 aliphatic heterocycles. The van der Waals surface area contributed by atoms with Crippen LogP contribution in [0.3, 0.4) is 0 Å². The molecule has 3 rings (SSSR count). The predicted octanol–water partition coefficient (Wildman–Crippen LogP) is 0.380. The fourth-order valence-electron chi connectivity index (χ4n) is 1.63. The fourth-order valence-corrected chi connectivity index (χ4v) is 2.11. The Morgan fingerprint density at radius 2 is 2.00 bits per heavy atom. The zero-order chi connectivity index (χ0) is 10.4. The molecule has 73 valence electrons. The second-order valence-corrected chi connectivity index (χ2v) is 4.07. The van der Waals surface area contributed by atoms with Crippen molar-refractivity contribution in [1.82, 2.24) is 19.6 Å². The molecule has 0 aliphatic carbocycles. The van der Waals surface area contributed by atoms with Crippen molar-refractivity contribution >= 4 is 37.3 Å². The molecule has 4 nitrogen and oxygen atoms in total. The summed E-state index contributed by atoms with van der Waals surface area (Å²) in [6, 6.07) is 7.92. The van der Waals surface area contributed by atoms with Gasteiger partial charge in [0.05, 0.1) is 0 Å². The molecule has 0 saturated heterocycles. The molecular weight excluding hydrogens is 255 g/mol. The molecule has 15 heavy (non-hydrogen) atoms. The van der Waals surface area contributed by atoms with Gasteiger partial charge in [-0.2, -0.15) is 0 Å². The second kappa shape index (κ2) is 3.02. The van der Waals surface area contributed by atoms with Gasteiger partial charge in [-0.3, -0.25) is 0 Å². The summed E-state index contributed by atoms with van der Waals surface area (Å²) in [5.74, 6) is 0.754. The molecule has 0 N–H and O–H groups in total. The molecule has 0 atom stereocenters. The second-order valence-electron chi connectivity index (χ2n) is 3.31. The van der Waals surface area contributed by atoms with Crippen molar-refractivity contribution in [2.75, 3.05) is 0 Å². The molecule has 3 aromatic rings. The Morgan fingerprint density at radius 1 is 1.20 bits per heavy atom. The maximum atomic E-state index is 4.42. The number of aryl methyl sites for hydroxylation is 1. The van der Waals surface area contributed by atoms with E-state index in [0.717, 1.165) is 27.1 Å². The molecule has 0 bridgehead atoms. The molecule has 0 spiro atoms. The van der Waals surface area contributed by atoms with E-state index in [1.807, 2.05) is 31.2 Å². The Bertz CT molecular complexity index is 659. The number of hydrogen-bond acceptors (Lipinski definition) is 3. The van der Waals surface area contributed by atoms with Gasteiger partial charge in [0.2, 0.25) is 0 Å². The van der Waals surface area contributed by atoms with Crippen molar-refractivity contribution in [1.29, 1.82) is 0 Å². The molecule has 5 heteroatoms. The Morgan fingerprint density at radius 3 is 2.87 bits per heavy atom. The van der Waals surface area contributed by atoms with Gasteiger partial charge in [0.15, 0.2) is 0 Å². The topological polar surface area (TPSA) is 43.1 Å². The zero-order valence-corrected chi connectivity index (χ0v) is 9.72. The van der Waals surface area contributed by atoms with Gasteiger partial charge in [-0.05, 0) is 0 Å². The van der Waals surface area contributed by atoms with E-state index in [2.05, 4.69) is 31.1 Å². The molecule has 0 aliphatic rings. The summed E-state index contributed by atoms with van der Waals surface area (Å²) in [6.07, 6.45) is 0. The third-order valence-electron chi connectivity index (χ3n) is 2.26. The molecule has 1 radical (unpaired) electrons. The van der Waals surface area contributed by atoms with Gasteiger partial charge in [0.25, 0.3) is 0 Å². The van der Waals surface area contributed by atoms with Crippen LogP contribution in [-0.4, -0.2) is 35.6 Å². The molecule has 2 heterocycles. The van der Waals surface area contributed by atoms with Crippen LogP contribution in [-0.2, 0) is 0 Å². The van der Waals surface area contributed by atoms with Crippen molar-refractivity contribution in [3.05, 3.63) is 30.1 Å². The molecule has 1 aromatic carbocycles. The summed E-state index contributed by atoms with van der Waals surface area (Å²) in [7, 11) is 0. The summed E-state index contributed by atoms with van der Waals surface area (Å²) < 4.78 is 2.47. The van der Waals surface area contributed by atoms with Gasteiger partial charge in [-0.25, -0.2) is 0 Å². The summed E-state index contributed by atoms with van der Waals surface area (Å²) in [5, 5.41) is 5.30. The summed E-state index contributed by atoms with van der Waals surface area (Å²) >= 11 is 2.90. The summed E-state index contributed by atoms with van der Waals surface area (Å²) in [4.78, 5) is 8.82. The van der Waals surface area contributed by atoms with Crippen LogP contribution in [0.25, 0.3) is 16.6 Å². The third-order valence-corrected chi connectivity index (χ3v) is 2.81. The molecule has 2 aromatic heterocycles. The first kappa shape index (κ1) is 8.83. The minimum atomic E-state index is 0.740. The van der Waals surface area contributed by atoms with Crippen LogP contribution in [0.15, 0.2) is 24.3 Å². The maximum absolute atomic E-state index is 4.42. The Kier molecular flexibility index (Phi) is 1.78. The number of para-hydroxylation sites is 1. The number of benzene rings is 1. The normalized spacial score (nSPS) is 11.3. The molecular formula is C10H7N4Se. The van der Waals surface area contributed by atoms with E-state index in [-0.39, 0.29) is 0 Å². The average molecular weight is 262 g/mol. The van der Waals surface area contributed by atoms with Crippen molar-refractivity contribution in [3.63, 3.8) is 0 Å². The van der Waals surface area contributed by atoms with Gasteiger partial charge >= 0.3 is 93.9 Å². The van der Waals surface area contributed by atoms with Gasteiger partial charge in [-0.15, -0.1) is 0 Å². The summed E-state index contributed by atoms with van der Waals surface area (Å²) in [6.45, 7) is 1.88. The average Bonchev–Trinajstić information content (AvgIpc) is 2.61. The van der Waals surface area contributed by atoms with E-state index < -0.39 is 0 Å². The first-order valence-electron chi connectivity index (χ1n) is 4.55. The summed E-state index contributed by atoms with van der Waals surface area (Å²) in [5.41, 5.74) is 1.79. The number of rotatable bonds is 0. The van der Waals surface area contributed by atoms with E-state index in [1.54, 1.807) is 4.52 Å². The first-order chi connectivity index (χ1) is 7.25. The Labute approximate surface area is 94.2 Å². The van der Waals surface area contributed by atoms with Crippen molar-refractivity contribution in [2.45, 2.75) is 6.92 Å². The SMILES string of the molecule is Cc1nc2c3ccccc3nc([Se])n2n1. The van der Waals surface area contributed by atoms with Gasteiger partial charge in [0.1, 0.15) is 0 Å². The quantitative estimate of drug-likeness (QED) is 0.550. The number of hydrogen-bond donors (Lipinski definition) is 0. The van der Waals surface area contributed by atoms with E-state index in [9.17, 15) is 0 Å². The minimum absolute atomic E-state index is 0.740. The molecule has 0 unspecified atom stereocenters. The number of aromatic nitrogens is 4. The van der Waals surface area contributed by atoms with E-state index >= 15 is 0 Å². The van der Waals surface area contributed by atoms with Crippen LogP contribution < -0.4 is 4.72 Å². The van der Waals surface area contributed by atoms with E-state index in [1.165, 1.54) is 0 Å².